The molecule has 1 N–H and O–H groups in total. The largest absolute Gasteiger partial charge is 0.494 e. The normalized spacial score (nSPS) is 11.1. The highest BCUT2D eigenvalue weighted by Gasteiger charge is 2.15. The van der Waals surface area contributed by atoms with Gasteiger partial charge in [0.05, 0.1) is 6.61 Å². The molecule has 1 rings (SSSR count). The number of benzene rings is 1. The summed E-state index contributed by atoms with van der Waals surface area (Å²) < 4.78 is 11.9. The van der Waals surface area contributed by atoms with Crippen LogP contribution in [0.25, 0.3) is 0 Å². The number of rotatable bonds is 7. The average Bonchev–Trinajstić information content (AvgIpc) is 2.40. The molecule has 0 aliphatic rings. The van der Waals surface area contributed by atoms with Crippen LogP contribution >= 0.6 is 15.9 Å². The van der Waals surface area contributed by atoms with Crippen molar-refractivity contribution in [3.8, 4) is 5.75 Å². The van der Waals surface area contributed by atoms with Crippen molar-refractivity contribution >= 4 is 22.0 Å². The predicted octanol–water partition coefficient (Wildman–Crippen LogP) is 4.70. The minimum atomic E-state index is -0.475. The van der Waals surface area contributed by atoms with E-state index in [4.69, 9.17) is 9.47 Å². The third kappa shape index (κ3) is 7.69. The second-order valence-corrected chi connectivity index (χ2v) is 6.99. The van der Waals surface area contributed by atoms with E-state index in [1.165, 1.54) is 0 Å². The standard InChI is InChI=1S/C17H26BrNO3/c1-5-6-11-21-14-7-8-15(18)13(12-14)9-10-19-16(20)22-17(2,3)4/h7-8,12H,5-6,9-11H2,1-4H3,(H,19,20). The maximum absolute atomic E-state index is 11.6. The summed E-state index contributed by atoms with van der Waals surface area (Å²) >= 11 is 3.53. The maximum atomic E-state index is 11.6. The summed E-state index contributed by atoms with van der Waals surface area (Å²) in [5.41, 5.74) is 0.627. The van der Waals surface area contributed by atoms with Gasteiger partial charge in [0.25, 0.3) is 0 Å². The summed E-state index contributed by atoms with van der Waals surface area (Å²) in [4.78, 5) is 11.6. The molecule has 0 aromatic heterocycles. The van der Waals surface area contributed by atoms with Crippen LogP contribution in [0.5, 0.6) is 5.75 Å². The zero-order valence-electron chi connectivity index (χ0n) is 13.9. The number of alkyl carbamates (subject to hydrolysis) is 1. The zero-order valence-corrected chi connectivity index (χ0v) is 15.5. The van der Waals surface area contributed by atoms with E-state index in [1.807, 2.05) is 39.0 Å². The fourth-order valence-electron chi connectivity index (χ4n) is 1.78. The number of hydrogen-bond acceptors (Lipinski definition) is 3. The highest BCUT2D eigenvalue weighted by molar-refractivity contribution is 9.10. The topological polar surface area (TPSA) is 47.6 Å². The van der Waals surface area contributed by atoms with Crippen LogP contribution in [0.4, 0.5) is 4.79 Å². The lowest BCUT2D eigenvalue weighted by Crippen LogP contribution is -2.33. The monoisotopic (exact) mass is 371 g/mol. The van der Waals surface area contributed by atoms with Gasteiger partial charge in [0.2, 0.25) is 0 Å². The van der Waals surface area contributed by atoms with Crippen LogP contribution in [-0.4, -0.2) is 24.8 Å². The molecular formula is C17H26BrNO3. The molecule has 0 aliphatic heterocycles. The SMILES string of the molecule is CCCCOc1ccc(Br)c(CCNC(=O)OC(C)(C)C)c1. The Morgan fingerprint density at radius 3 is 2.68 bits per heavy atom. The van der Waals surface area contributed by atoms with Crippen molar-refractivity contribution in [3.05, 3.63) is 28.2 Å². The molecule has 5 heteroatoms. The minimum Gasteiger partial charge on any atom is -0.494 e. The summed E-state index contributed by atoms with van der Waals surface area (Å²) in [7, 11) is 0. The quantitative estimate of drug-likeness (QED) is 0.706. The van der Waals surface area contributed by atoms with Crippen LogP contribution in [0, 0.1) is 0 Å². The Bertz CT molecular complexity index is 483. The maximum Gasteiger partial charge on any atom is 0.407 e. The highest BCUT2D eigenvalue weighted by atomic mass is 79.9. The summed E-state index contributed by atoms with van der Waals surface area (Å²) in [5, 5.41) is 2.76. The molecule has 0 radical (unpaired) electrons. The van der Waals surface area contributed by atoms with Gasteiger partial charge in [-0.05, 0) is 57.4 Å². The third-order valence-electron chi connectivity index (χ3n) is 2.85. The summed E-state index contributed by atoms with van der Waals surface area (Å²) in [6.45, 7) is 8.93. The van der Waals surface area contributed by atoms with Crippen LogP contribution in [0.1, 0.15) is 46.1 Å². The fourth-order valence-corrected chi connectivity index (χ4v) is 2.23. The molecule has 0 bridgehead atoms. The van der Waals surface area contributed by atoms with Gasteiger partial charge in [-0.2, -0.15) is 0 Å². The lowest BCUT2D eigenvalue weighted by molar-refractivity contribution is 0.0528. The summed E-state index contributed by atoms with van der Waals surface area (Å²) in [6, 6.07) is 5.94. The second-order valence-electron chi connectivity index (χ2n) is 6.13. The van der Waals surface area contributed by atoms with Crippen molar-refractivity contribution in [3.63, 3.8) is 0 Å². The smallest absolute Gasteiger partial charge is 0.407 e. The van der Waals surface area contributed by atoms with Gasteiger partial charge in [0.1, 0.15) is 11.4 Å². The van der Waals surface area contributed by atoms with E-state index in [-0.39, 0.29) is 6.09 Å². The fraction of sp³-hybridized carbons (Fsp3) is 0.588. The molecule has 0 unspecified atom stereocenters. The molecule has 0 atom stereocenters. The molecule has 0 saturated heterocycles. The molecule has 124 valence electrons. The molecule has 22 heavy (non-hydrogen) atoms. The molecule has 0 spiro atoms. The highest BCUT2D eigenvalue weighted by Crippen LogP contribution is 2.23. The Hall–Kier alpha value is -1.23. The Labute approximate surface area is 141 Å². The number of unbranched alkanes of at least 4 members (excludes halogenated alkanes) is 1. The van der Waals surface area contributed by atoms with Gasteiger partial charge < -0.3 is 14.8 Å². The number of carbonyl (C=O) groups excluding carboxylic acids is 1. The molecule has 4 nitrogen and oxygen atoms in total. The lowest BCUT2D eigenvalue weighted by Gasteiger charge is -2.19. The number of nitrogens with one attached hydrogen (secondary N) is 1. The third-order valence-corrected chi connectivity index (χ3v) is 3.62. The van der Waals surface area contributed by atoms with Gasteiger partial charge in [-0.1, -0.05) is 29.3 Å². The van der Waals surface area contributed by atoms with E-state index in [2.05, 4.69) is 28.2 Å². The molecule has 0 aliphatic carbocycles. The predicted molar refractivity (Wildman–Crippen MR) is 92.5 cm³/mol. The Balaban J connectivity index is 2.47. The molecule has 1 aromatic rings. The van der Waals surface area contributed by atoms with Crippen LogP contribution in [-0.2, 0) is 11.2 Å². The van der Waals surface area contributed by atoms with Gasteiger partial charge in [0, 0.05) is 11.0 Å². The first kappa shape index (κ1) is 18.8. The van der Waals surface area contributed by atoms with E-state index in [0.717, 1.165) is 35.2 Å². The first-order valence-electron chi connectivity index (χ1n) is 7.70. The molecule has 1 amide bonds. The Kier molecular flexibility index (Phi) is 7.73. The van der Waals surface area contributed by atoms with Gasteiger partial charge in [-0.25, -0.2) is 4.79 Å². The Morgan fingerprint density at radius 1 is 1.32 bits per heavy atom. The van der Waals surface area contributed by atoms with Crippen molar-refractivity contribution in [1.82, 2.24) is 5.32 Å². The van der Waals surface area contributed by atoms with Gasteiger partial charge in [0.15, 0.2) is 0 Å². The van der Waals surface area contributed by atoms with Crippen molar-refractivity contribution in [1.29, 1.82) is 0 Å². The van der Waals surface area contributed by atoms with E-state index in [9.17, 15) is 4.79 Å². The molecule has 0 fully saturated rings. The minimum absolute atomic E-state index is 0.390. The van der Waals surface area contributed by atoms with Gasteiger partial charge >= 0.3 is 6.09 Å². The molecule has 1 aromatic carbocycles. The first-order valence-corrected chi connectivity index (χ1v) is 8.49. The number of ether oxygens (including phenoxy) is 2. The Morgan fingerprint density at radius 2 is 2.05 bits per heavy atom. The van der Waals surface area contributed by atoms with Gasteiger partial charge in [-0.15, -0.1) is 0 Å². The number of hydrogen-bond donors (Lipinski definition) is 1. The lowest BCUT2D eigenvalue weighted by atomic mass is 10.1. The average molecular weight is 372 g/mol. The number of amides is 1. The first-order chi connectivity index (χ1) is 10.3. The van der Waals surface area contributed by atoms with Gasteiger partial charge in [-0.3, -0.25) is 0 Å². The van der Waals surface area contributed by atoms with Crippen molar-refractivity contribution < 1.29 is 14.3 Å². The van der Waals surface area contributed by atoms with E-state index >= 15 is 0 Å². The second kappa shape index (κ2) is 9.03. The van der Waals surface area contributed by atoms with E-state index in [1.54, 1.807) is 0 Å². The van der Waals surface area contributed by atoms with Crippen LogP contribution in [0.2, 0.25) is 0 Å². The summed E-state index contributed by atoms with van der Waals surface area (Å²) in [6.07, 6.45) is 2.48. The zero-order chi connectivity index (χ0) is 16.6. The molecule has 0 heterocycles. The van der Waals surface area contributed by atoms with E-state index in [0.29, 0.717) is 13.0 Å². The van der Waals surface area contributed by atoms with E-state index < -0.39 is 5.60 Å². The molecular weight excluding hydrogens is 346 g/mol. The van der Waals surface area contributed by atoms with Crippen molar-refractivity contribution in [2.45, 2.75) is 52.6 Å². The van der Waals surface area contributed by atoms with Crippen LogP contribution < -0.4 is 10.1 Å². The number of carbonyl (C=O) groups is 1. The molecule has 0 saturated carbocycles. The van der Waals surface area contributed by atoms with Crippen LogP contribution in [0.3, 0.4) is 0 Å². The van der Waals surface area contributed by atoms with Crippen molar-refractivity contribution in [2.24, 2.45) is 0 Å². The van der Waals surface area contributed by atoms with Crippen LogP contribution in [0.15, 0.2) is 22.7 Å². The van der Waals surface area contributed by atoms with Crippen molar-refractivity contribution in [2.75, 3.05) is 13.2 Å². The summed E-state index contributed by atoms with van der Waals surface area (Å²) in [5.74, 6) is 0.865. The number of halogens is 1.